The molecular weight excluding hydrogens is 398 g/mol. The highest BCUT2D eigenvalue weighted by Gasteiger charge is 2.30. The van der Waals surface area contributed by atoms with E-state index in [2.05, 4.69) is 23.3 Å². The van der Waals surface area contributed by atoms with Crippen molar-refractivity contribution in [1.82, 2.24) is 14.7 Å². The van der Waals surface area contributed by atoms with E-state index in [1.807, 2.05) is 89.7 Å². The molecule has 5 heteroatoms. The standard InChI is InChI=1S/C27H25N3O2/c1-29-16-23(15-28-29)26-18-30(17-22-10-5-6-13-25(22)26)27(31)21-11-7-12-24(14-21)32-19-20-8-3-2-4-9-20/h2-16,26H,17-19H2,1H3. The molecule has 2 heterocycles. The van der Waals surface area contributed by atoms with Gasteiger partial charge in [-0.2, -0.15) is 5.10 Å². The summed E-state index contributed by atoms with van der Waals surface area (Å²) >= 11 is 0. The quantitative estimate of drug-likeness (QED) is 0.464. The number of fused-ring (bicyclic) bond motifs is 1. The van der Waals surface area contributed by atoms with E-state index >= 15 is 0 Å². The second-order valence-electron chi connectivity index (χ2n) is 8.19. The van der Waals surface area contributed by atoms with Crippen LogP contribution in [0.25, 0.3) is 0 Å². The van der Waals surface area contributed by atoms with Crippen molar-refractivity contribution in [2.75, 3.05) is 6.54 Å². The van der Waals surface area contributed by atoms with E-state index in [0.29, 0.717) is 31.0 Å². The van der Waals surface area contributed by atoms with Gasteiger partial charge in [0.05, 0.1) is 6.20 Å². The third-order valence-electron chi connectivity index (χ3n) is 5.94. The summed E-state index contributed by atoms with van der Waals surface area (Å²) in [6, 6.07) is 25.9. The number of amides is 1. The topological polar surface area (TPSA) is 47.4 Å². The Bertz CT molecular complexity index is 1230. The van der Waals surface area contributed by atoms with Gasteiger partial charge < -0.3 is 9.64 Å². The smallest absolute Gasteiger partial charge is 0.254 e. The first-order valence-electron chi connectivity index (χ1n) is 10.8. The van der Waals surface area contributed by atoms with Gasteiger partial charge in [0.15, 0.2) is 0 Å². The normalized spacial score (nSPS) is 15.3. The molecule has 1 aliphatic rings. The summed E-state index contributed by atoms with van der Waals surface area (Å²) in [4.78, 5) is 15.4. The van der Waals surface area contributed by atoms with Crippen molar-refractivity contribution < 1.29 is 9.53 Å². The van der Waals surface area contributed by atoms with Crippen molar-refractivity contribution in [3.8, 4) is 5.75 Å². The first-order valence-corrected chi connectivity index (χ1v) is 10.8. The van der Waals surface area contributed by atoms with E-state index in [1.54, 1.807) is 0 Å². The van der Waals surface area contributed by atoms with Crippen molar-refractivity contribution >= 4 is 5.91 Å². The van der Waals surface area contributed by atoms with Gasteiger partial charge in [-0.1, -0.05) is 60.7 Å². The molecular formula is C27H25N3O2. The minimum absolute atomic E-state index is 0.0126. The van der Waals surface area contributed by atoms with Crippen molar-refractivity contribution in [3.63, 3.8) is 0 Å². The zero-order valence-electron chi connectivity index (χ0n) is 18.0. The average molecular weight is 424 g/mol. The Labute approximate surface area is 187 Å². The van der Waals surface area contributed by atoms with Crippen LogP contribution in [0.1, 0.15) is 38.5 Å². The van der Waals surface area contributed by atoms with E-state index < -0.39 is 0 Å². The molecule has 4 aromatic rings. The maximum absolute atomic E-state index is 13.5. The molecule has 32 heavy (non-hydrogen) atoms. The van der Waals surface area contributed by atoms with Crippen molar-refractivity contribution in [1.29, 1.82) is 0 Å². The molecule has 0 spiro atoms. The molecule has 0 aliphatic carbocycles. The predicted octanol–water partition coefficient (Wildman–Crippen LogP) is 4.79. The number of ether oxygens (including phenoxy) is 1. The van der Waals surface area contributed by atoms with Crippen LogP contribution in [0, 0.1) is 0 Å². The second kappa shape index (κ2) is 8.71. The van der Waals surface area contributed by atoms with E-state index in [1.165, 1.54) is 11.1 Å². The first-order chi connectivity index (χ1) is 15.7. The van der Waals surface area contributed by atoms with E-state index in [-0.39, 0.29) is 11.8 Å². The number of hydrogen-bond donors (Lipinski definition) is 0. The molecule has 5 nitrogen and oxygen atoms in total. The van der Waals surface area contributed by atoms with Crippen LogP contribution in [-0.4, -0.2) is 27.1 Å². The van der Waals surface area contributed by atoms with Crippen molar-refractivity contribution in [3.05, 3.63) is 119 Å². The molecule has 0 fully saturated rings. The molecule has 1 aromatic heterocycles. The molecule has 0 N–H and O–H groups in total. The van der Waals surface area contributed by atoms with E-state index in [9.17, 15) is 4.79 Å². The minimum Gasteiger partial charge on any atom is -0.489 e. The number of aromatic nitrogens is 2. The lowest BCUT2D eigenvalue weighted by Gasteiger charge is -2.34. The van der Waals surface area contributed by atoms with Crippen LogP contribution < -0.4 is 4.74 Å². The number of carbonyl (C=O) groups excluding carboxylic acids is 1. The zero-order valence-corrected chi connectivity index (χ0v) is 18.0. The van der Waals surface area contributed by atoms with Crippen LogP contribution in [0.2, 0.25) is 0 Å². The Kier molecular flexibility index (Phi) is 5.46. The fourth-order valence-corrected chi connectivity index (χ4v) is 4.31. The van der Waals surface area contributed by atoms with E-state index in [0.717, 1.165) is 11.1 Å². The maximum atomic E-state index is 13.5. The third-order valence-corrected chi connectivity index (χ3v) is 5.94. The lowest BCUT2D eigenvalue weighted by atomic mass is 9.86. The lowest BCUT2D eigenvalue weighted by molar-refractivity contribution is 0.0724. The summed E-state index contributed by atoms with van der Waals surface area (Å²) in [5.41, 5.74) is 5.30. The predicted molar refractivity (Wildman–Crippen MR) is 123 cm³/mol. The first kappa shape index (κ1) is 20.1. The molecule has 0 saturated heterocycles. The average Bonchev–Trinajstić information content (AvgIpc) is 3.28. The summed E-state index contributed by atoms with van der Waals surface area (Å²) in [5.74, 6) is 0.814. The van der Waals surface area contributed by atoms with Gasteiger partial charge in [-0.05, 0) is 40.5 Å². The van der Waals surface area contributed by atoms with Crippen LogP contribution in [0.3, 0.4) is 0 Å². The Balaban J connectivity index is 1.37. The summed E-state index contributed by atoms with van der Waals surface area (Å²) < 4.78 is 7.75. The fourth-order valence-electron chi connectivity index (χ4n) is 4.31. The molecule has 1 amide bonds. The monoisotopic (exact) mass is 423 g/mol. The molecule has 1 aliphatic heterocycles. The van der Waals surface area contributed by atoms with Gasteiger partial charge in [-0.3, -0.25) is 9.48 Å². The van der Waals surface area contributed by atoms with Crippen LogP contribution in [0.15, 0.2) is 91.3 Å². The Morgan fingerprint density at radius 3 is 2.66 bits per heavy atom. The molecule has 1 atom stereocenters. The molecule has 160 valence electrons. The number of aryl methyl sites for hydroxylation is 1. The third kappa shape index (κ3) is 4.14. The Morgan fingerprint density at radius 2 is 1.84 bits per heavy atom. The van der Waals surface area contributed by atoms with Gasteiger partial charge in [-0.25, -0.2) is 0 Å². The number of nitrogens with zero attached hydrogens (tertiary/aromatic N) is 3. The number of carbonyl (C=O) groups is 1. The summed E-state index contributed by atoms with van der Waals surface area (Å²) in [7, 11) is 1.92. The number of benzene rings is 3. The maximum Gasteiger partial charge on any atom is 0.254 e. The highest BCUT2D eigenvalue weighted by atomic mass is 16.5. The lowest BCUT2D eigenvalue weighted by Crippen LogP contribution is -2.38. The largest absolute Gasteiger partial charge is 0.489 e. The fraction of sp³-hybridized carbons (Fsp3) is 0.185. The van der Waals surface area contributed by atoms with Gasteiger partial charge in [0.2, 0.25) is 0 Å². The SMILES string of the molecule is Cn1cc(C2CN(C(=O)c3cccc(OCc4ccccc4)c3)Cc3ccccc32)cn1. The molecule has 1 unspecified atom stereocenters. The van der Waals surface area contributed by atoms with Crippen LogP contribution in [0.5, 0.6) is 5.75 Å². The molecule has 3 aromatic carbocycles. The van der Waals surface area contributed by atoms with Gasteiger partial charge in [0, 0.05) is 37.8 Å². The molecule has 5 rings (SSSR count). The molecule has 0 saturated carbocycles. The van der Waals surface area contributed by atoms with E-state index in [4.69, 9.17) is 4.74 Å². The van der Waals surface area contributed by atoms with Crippen molar-refractivity contribution in [2.24, 2.45) is 7.05 Å². The Morgan fingerprint density at radius 1 is 1.03 bits per heavy atom. The summed E-state index contributed by atoms with van der Waals surface area (Å²) in [6.45, 7) is 1.69. The second-order valence-corrected chi connectivity index (χ2v) is 8.19. The summed E-state index contributed by atoms with van der Waals surface area (Å²) in [6.07, 6.45) is 3.93. The molecule has 0 bridgehead atoms. The van der Waals surface area contributed by atoms with Crippen LogP contribution in [-0.2, 0) is 20.2 Å². The number of rotatable bonds is 5. The van der Waals surface area contributed by atoms with Crippen molar-refractivity contribution in [2.45, 2.75) is 19.1 Å². The van der Waals surface area contributed by atoms with Gasteiger partial charge in [-0.15, -0.1) is 0 Å². The van der Waals surface area contributed by atoms with Crippen LogP contribution >= 0.6 is 0 Å². The minimum atomic E-state index is 0.0126. The highest BCUT2D eigenvalue weighted by Crippen LogP contribution is 2.34. The van der Waals surface area contributed by atoms with Gasteiger partial charge in [0.25, 0.3) is 5.91 Å². The Hall–Kier alpha value is -3.86. The zero-order chi connectivity index (χ0) is 21.9. The summed E-state index contributed by atoms with van der Waals surface area (Å²) in [5, 5.41) is 4.35. The number of hydrogen-bond acceptors (Lipinski definition) is 3. The highest BCUT2D eigenvalue weighted by molar-refractivity contribution is 5.94. The van der Waals surface area contributed by atoms with Gasteiger partial charge >= 0.3 is 0 Å². The van der Waals surface area contributed by atoms with Gasteiger partial charge in [0.1, 0.15) is 12.4 Å². The van der Waals surface area contributed by atoms with Crippen LogP contribution in [0.4, 0.5) is 0 Å². The molecule has 0 radical (unpaired) electrons.